The smallest absolute Gasteiger partial charge is 0.127 e. The summed E-state index contributed by atoms with van der Waals surface area (Å²) in [5, 5.41) is 16.9. The van der Waals surface area contributed by atoms with Crippen LogP contribution in [0.25, 0.3) is 27.0 Å². The molecule has 4 nitrogen and oxygen atoms in total. The summed E-state index contributed by atoms with van der Waals surface area (Å²) in [6, 6.07) is 27.2. The van der Waals surface area contributed by atoms with E-state index in [1.165, 1.54) is 10.8 Å². The van der Waals surface area contributed by atoms with Crippen LogP contribution in [0.1, 0.15) is 11.7 Å². The van der Waals surface area contributed by atoms with Crippen molar-refractivity contribution in [2.75, 3.05) is 10.6 Å². The van der Waals surface area contributed by atoms with Gasteiger partial charge in [0, 0.05) is 28.5 Å². The van der Waals surface area contributed by atoms with Gasteiger partial charge in [0.15, 0.2) is 0 Å². The second-order valence-electron chi connectivity index (χ2n) is 7.12. The molecular formula is C24H18N4S. The Hall–Kier alpha value is -3.57. The zero-order valence-corrected chi connectivity index (χ0v) is 16.4. The number of anilines is 2. The molecule has 6 rings (SSSR count). The molecule has 0 saturated heterocycles. The highest BCUT2D eigenvalue weighted by molar-refractivity contribution is 7.13. The molecule has 0 bridgehead atoms. The van der Waals surface area contributed by atoms with Gasteiger partial charge >= 0.3 is 0 Å². The van der Waals surface area contributed by atoms with Gasteiger partial charge in [0.05, 0.1) is 10.6 Å². The summed E-state index contributed by atoms with van der Waals surface area (Å²) in [6.45, 7) is 0. The predicted octanol–water partition coefficient (Wildman–Crippen LogP) is 6.29. The monoisotopic (exact) mass is 394 g/mol. The molecule has 0 spiro atoms. The minimum Gasteiger partial charge on any atom is -0.361 e. The molecule has 3 heterocycles. The minimum atomic E-state index is -0.0648. The molecule has 0 fully saturated rings. The van der Waals surface area contributed by atoms with Gasteiger partial charge in [0.2, 0.25) is 0 Å². The van der Waals surface area contributed by atoms with Gasteiger partial charge in [-0.1, -0.05) is 48.5 Å². The number of hydrogen-bond acceptors (Lipinski definition) is 4. The van der Waals surface area contributed by atoms with Crippen molar-refractivity contribution in [2.45, 2.75) is 6.17 Å². The second-order valence-corrected chi connectivity index (χ2v) is 8.07. The topological polar surface area (TPSA) is 41.9 Å². The first-order valence-electron chi connectivity index (χ1n) is 9.60. The SMILES string of the molecule is c1ccc(-n2cc(C3Nc4cccc5cccc(c45)N3)c(-c3cccs3)n2)cc1. The van der Waals surface area contributed by atoms with Crippen LogP contribution in [0.3, 0.4) is 0 Å². The average molecular weight is 395 g/mol. The van der Waals surface area contributed by atoms with Crippen molar-refractivity contribution in [3.8, 4) is 16.3 Å². The van der Waals surface area contributed by atoms with Gasteiger partial charge in [0.25, 0.3) is 0 Å². The first-order chi connectivity index (χ1) is 14.4. The lowest BCUT2D eigenvalue weighted by Crippen LogP contribution is -2.23. The third-order valence-electron chi connectivity index (χ3n) is 5.33. The Morgan fingerprint density at radius 1 is 0.793 bits per heavy atom. The lowest BCUT2D eigenvalue weighted by atomic mass is 10.0. The van der Waals surface area contributed by atoms with E-state index >= 15 is 0 Å². The number of para-hydroxylation sites is 1. The molecule has 29 heavy (non-hydrogen) atoms. The van der Waals surface area contributed by atoms with Crippen LogP contribution in [-0.4, -0.2) is 9.78 Å². The molecular weight excluding hydrogens is 376 g/mol. The van der Waals surface area contributed by atoms with E-state index in [2.05, 4.69) is 82.9 Å². The van der Waals surface area contributed by atoms with Crippen LogP contribution >= 0.6 is 11.3 Å². The number of rotatable bonds is 3. The second kappa shape index (κ2) is 6.50. The Bertz CT molecular complexity index is 1270. The fourth-order valence-electron chi connectivity index (χ4n) is 4.00. The summed E-state index contributed by atoms with van der Waals surface area (Å²) < 4.78 is 1.97. The molecule has 3 aromatic carbocycles. The molecule has 1 aliphatic rings. The van der Waals surface area contributed by atoms with E-state index in [0.29, 0.717) is 0 Å². The van der Waals surface area contributed by atoms with Gasteiger partial charge in [-0.15, -0.1) is 11.3 Å². The summed E-state index contributed by atoms with van der Waals surface area (Å²) in [6.07, 6.45) is 2.06. The van der Waals surface area contributed by atoms with E-state index in [4.69, 9.17) is 5.10 Å². The molecule has 0 amide bonds. The Labute approximate surface area is 172 Å². The summed E-state index contributed by atoms with van der Waals surface area (Å²) in [4.78, 5) is 1.16. The summed E-state index contributed by atoms with van der Waals surface area (Å²) in [5.41, 5.74) is 5.47. The summed E-state index contributed by atoms with van der Waals surface area (Å²) >= 11 is 1.71. The standard InChI is InChI=1S/C24H18N4S/c1-2-9-17(10-3-1)28-15-18(23(27-28)21-13-6-14-29-21)24-25-19-11-4-7-16-8-5-12-20(26-24)22(16)19/h1-15,24-26H. The molecule has 5 heteroatoms. The largest absolute Gasteiger partial charge is 0.361 e. The average Bonchev–Trinajstić information content (AvgIpc) is 3.45. The Kier molecular flexibility index (Phi) is 3.67. The number of aromatic nitrogens is 2. The van der Waals surface area contributed by atoms with Crippen molar-refractivity contribution in [3.05, 3.63) is 96.0 Å². The number of hydrogen-bond donors (Lipinski definition) is 2. The third kappa shape index (κ3) is 2.70. The van der Waals surface area contributed by atoms with Crippen LogP contribution in [0.4, 0.5) is 11.4 Å². The zero-order chi connectivity index (χ0) is 19.2. The molecule has 0 atom stereocenters. The molecule has 5 aromatic rings. The van der Waals surface area contributed by atoms with Crippen molar-refractivity contribution in [1.29, 1.82) is 0 Å². The molecule has 1 aliphatic heterocycles. The van der Waals surface area contributed by atoms with E-state index in [9.17, 15) is 0 Å². The normalized spacial score (nSPS) is 13.2. The van der Waals surface area contributed by atoms with Crippen LogP contribution in [0.15, 0.2) is 90.4 Å². The van der Waals surface area contributed by atoms with E-state index in [1.807, 2.05) is 22.9 Å². The Morgan fingerprint density at radius 2 is 1.55 bits per heavy atom. The van der Waals surface area contributed by atoms with E-state index in [-0.39, 0.29) is 6.17 Å². The predicted molar refractivity (Wildman–Crippen MR) is 121 cm³/mol. The van der Waals surface area contributed by atoms with Crippen molar-refractivity contribution in [3.63, 3.8) is 0 Å². The van der Waals surface area contributed by atoms with E-state index < -0.39 is 0 Å². The van der Waals surface area contributed by atoms with Crippen LogP contribution in [0.2, 0.25) is 0 Å². The first kappa shape index (κ1) is 16.4. The quantitative estimate of drug-likeness (QED) is 0.378. The molecule has 2 N–H and O–H groups in total. The fraction of sp³-hybridized carbons (Fsp3) is 0.0417. The first-order valence-corrected chi connectivity index (χ1v) is 10.5. The maximum Gasteiger partial charge on any atom is 0.127 e. The van der Waals surface area contributed by atoms with Crippen molar-refractivity contribution in [1.82, 2.24) is 9.78 Å². The zero-order valence-electron chi connectivity index (χ0n) is 15.5. The van der Waals surface area contributed by atoms with Gasteiger partial charge in [-0.05, 0) is 41.1 Å². The highest BCUT2D eigenvalue weighted by atomic mass is 32.1. The molecule has 0 radical (unpaired) electrons. The van der Waals surface area contributed by atoms with Gasteiger partial charge in [-0.25, -0.2) is 4.68 Å². The molecule has 140 valence electrons. The van der Waals surface area contributed by atoms with Crippen molar-refractivity contribution < 1.29 is 0 Å². The molecule has 0 unspecified atom stereocenters. The maximum absolute atomic E-state index is 4.95. The lowest BCUT2D eigenvalue weighted by molar-refractivity contribution is 0.873. The Balaban J connectivity index is 1.49. The maximum atomic E-state index is 4.95. The molecule has 0 aliphatic carbocycles. The summed E-state index contributed by atoms with van der Waals surface area (Å²) in [5.74, 6) is 0. The fourth-order valence-corrected chi connectivity index (χ4v) is 4.73. The van der Waals surface area contributed by atoms with Gasteiger partial charge in [0.1, 0.15) is 11.9 Å². The van der Waals surface area contributed by atoms with Gasteiger partial charge in [-0.3, -0.25) is 0 Å². The van der Waals surface area contributed by atoms with Crippen molar-refractivity contribution >= 4 is 33.5 Å². The van der Waals surface area contributed by atoms with E-state index in [1.54, 1.807) is 11.3 Å². The van der Waals surface area contributed by atoms with Gasteiger partial charge in [-0.2, -0.15) is 5.10 Å². The lowest BCUT2D eigenvalue weighted by Gasteiger charge is -2.29. The molecule has 0 saturated carbocycles. The highest BCUT2D eigenvalue weighted by Crippen LogP contribution is 2.41. The van der Waals surface area contributed by atoms with E-state index in [0.717, 1.165) is 33.2 Å². The Morgan fingerprint density at radius 3 is 2.24 bits per heavy atom. The van der Waals surface area contributed by atoms with Crippen LogP contribution in [0.5, 0.6) is 0 Å². The van der Waals surface area contributed by atoms with Crippen LogP contribution < -0.4 is 10.6 Å². The minimum absolute atomic E-state index is 0.0648. The number of nitrogens with one attached hydrogen (secondary N) is 2. The third-order valence-corrected chi connectivity index (χ3v) is 6.21. The van der Waals surface area contributed by atoms with Gasteiger partial charge < -0.3 is 10.6 Å². The van der Waals surface area contributed by atoms with Crippen LogP contribution in [0, 0.1) is 0 Å². The highest BCUT2D eigenvalue weighted by Gasteiger charge is 2.25. The van der Waals surface area contributed by atoms with Crippen LogP contribution in [-0.2, 0) is 0 Å². The summed E-state index contributed by atoms with van der Waals surface area (Å²) in [7, 11) is 0. The molecule has 2 aromatic heterocycles. The number of benzene rings is 3. The number of nitrogens with zero attached hydrogens (tertiary/aromatic N) is 2. The number of thiophene rings is 1. The van der Waals surface area contributed by atoms with Crippen molar-refractivity contribution in [2.24, 2.45) is 0 Å².